The van der Waals surface area contributed by atoms with Crippen LogP contribution in [0.1, 0.15) is 18.5 Å². The molecule has 0 atom stereocenters. The van der Waals surface area contributed by atoms with Gasteiger partial charge in [0.25, 0.3) is 0 Å². The predicted octanol–water partition coefficient (Wildman–Crippen LogP) is 4.28. The third kappa shape index (κ3) is 5.50. The minimum Gasteiger partial charge on any atom is -0.493 e. The molecule has 0 aliphatic heterocycles. The van der Waals surface area contributed by atoms with Gasteiger partial charge in [0, 0.05) is 24.1 Å². The fourth-order valence-corrected chi connectivity index (χ4v) is 2.58. The van der Waals surface area contributed by atoms with Crippen molar-refractivity contribution in [3.8, 4) is 11.5 Å². The van der Waals surface area contributed by atoms with Crippen LogP contribution >= 0.6 is 0 Å². The third-order valence-corrected chi connectivity index (χ3v) is 3.90. The second kappa shape index (κ2) is 9.28. The maximum atomic E-state index is 6.62. The number of nitrogens with two attached hydrogens (primary N) is 1. The highest BCUT2D eigenvalue weighted by molar-refractivity contribution is 5.81. The van der Waals surface area contributed by atoms with Gasteiger partial charge in [-0.2, -0.15) is 5.53 Å². The van der Waals surface area contributed by atoms with Crippen LogP contribution in [-0.4, -0.2) is 17.4 Å². The molecule has 138 valence electrons. The van der Waals surface area contributed by atoms with Crippen molar-refractivity contribution in [3.63, 3.8) is 0 Å². The molecule has 7 nitrogen and oxygen atoms in total. The van der Waals surface area contributed by atoms with Crippen LogP contribution in [0.5, 0.6) is 11.5 Å². The Morgan fingerprint density at radius 1 is 1.00 bits per heavy atom. The number of nitrogens with zero attached hydrogens (tertiary/aromatic N) is 3. The van der Waals surface area contributed by atoms with Gasteiger partial charge in [-0.25, -0.2) is 0 Å². The van der Waals surface area contributed by atoms with Gasteiger partial charge in [-0.3, -0.25) is 4.98 Å². The maximum absolute atomic E-state index is 6.62. The molecule has 0 radical (unpaired) electrons. The van der Waals surface area contributed by atoms with Crippen molar-refractivity contribution < 1.29 is 9.47 Å². The maximum Gasteiger partial charge on any atom is 0.130 e. The van der Waals surface area contributed by atoms with Crippen LogP contribution in [0.3, 0.4) is 0 Å². The lowest BCUT2D eigenvalue weighted by Crippen LogP contribution is -2.12. The molecule has 3 rings (SSSR count). The summed E-state index contributed by atoms with van der Waals surface area (Å²) in [6.07, 6.45) is 3.08. The lowest BCUT2D eigenvalue weighted by molar-refractivity contribution is 0.290. The Morgan fingerprint density at radius 3 is 2.59 bits per heavy atom. The van der Waals surface area contributed by atoms with E-state index in [9.17, 15) is 0 Å². The van der Waals surface area contributed by atoms with Crippen molar-refractivity contribution in [1.29, 1.82) is 5.53 Å². The van der Waals surface area contributed by atoms with Gasteiger partial charge in [0.2, 0.25) is 0 Å². The van der Waals surface area contributed by atoms with E-state index < -0.39 is 0 Å². The SMILES string of the molecule is N=N/N=C(\N)CCCOc1cccc(OCc2cc3ccccc3cn2)c1. The predicted molar refractivity (Wildman–Crippen MR) is 104 cm³/mol. The summed E-state index contributed by atoms with van der Waals surface area (Å²) < 4.78 is 11.5. The summed E-state index contributed by atoms with van der Waals surface area (Å²) in [5, 5.41) is 8.61. The fourth-order valence-electron chi connectivity index (χ4n) is 2.58. The van der Waals surface area contributed by atoms with E-state index in [1.54, 1.807) is 0 Å². The van der Waals surface area contributed by atoms with Crippen molar-refractivity contribution in [2.24, 2.45) is 16.1 Å². The Balaban J connectivity index is 1.52. The van der Waals surface area contributed by atoms with Crippen molar-refractivity contribution >= 4 is 16.6 Å². The van der Waals surface area contributed by atoms with Crippen molar-refractivity contribution in [2.75, 3.05) is 6.61 Å². The van der Waals surface area contributed by atoms with E-state index in [4.69, 9.17) is 20.7 Å². The number of fused-ring (bicyclic) bond motifs is 1. The molecule has 1 aromatic heterocycles. The second-order valence-corrected chi connectivity index (χ2v) is 5.93. The third-order valence-electron chi connectivity index (χ3n) is 3.90. The number of hydrogen-bond donors (Lipinski definition) is 2. The largest absolute Gasteiger partial charge is 0.493 e. The van der Waals surface area contributed by atoms with Crippen molar-refractivity contribution in [2.45, 2.75) is 19.4 Å². The Morgan fingerprint density at radius 2 is 1.78 bits per heavy atom. The van der Waals surface area contributed by atoms with E-state index in [2.05, 4.69) is 21.4 Å². The van der Waals surface area contributed by atoms with Crippen LogP contribution in [0.2, 0.25) is 0 Å². The van der Waals surface area contributed by atoms with Gasteiger partial charge in [0.05, 0.1) is 12.3 Å². The molecule has 0 saturated heterocycles. The number of nitrogens with one attached hydrogen (secondary N) is 1. The number of ether oxygens (including phenoxy) is 2. The average molecular weight is 363 g/mol. The lowest BCUT2D eigenvalue weighted by atomic mass is 10.1. The molecule has 1 heterocycles. The van der Waals surface area contributed by atoms with Gasteiger partial charge >= 0.3 is 0 Å². The van der Waals surface area contributed by atoms with Crippen molar-refractivity contribution in [3.05, 3.63) is 66.5 Å². The Labute approximate surface area is 157 Å². The standard InChI is InChI=1S/C20H21N5O2/c21-20(24-25-22)9-4-10-26-18-7-3-8-19(12-18)27-14-17-11-15-5-1-2-6-16(15)13-23-17/h1-3,5-8,11-13H,4,9-10,14H2,(H3,21,22,24). The van der Waals surface area contributed by atoms with Gasteiger partial charge in [0.1, 0.15) is 23.9 Å². The van der Waals surface area contributed by atoms with Crippen LogP contribution in [0.15, 0.2) is 71.1 Å². The summed E-state index contributed by atoms with van der Waals surface area (Å²) >= 11 is 0. The molecule has 0 aliphatic carbocycles. The highest BCUT2D eigenvalue weighted by atomic mass is 16.5. The average Bonchev–Trinajstić information content (AvgIpc) is 2.70. The zero-order valence-corrected chi connectivity index (χ0v) is 14.8. The summed E-state index contributed by atoms with van der Waals surface area (Å²) in [5.41, 5.74) is 13.1. The molecular formula is C20H21N5O2. The second-order valence-electron chi connectivity index (χ2n) is 5.93. The molecule has 2 aromatic carbocycles. The van der Waals surface area contributed by atoms with Gasteiger partial charge in [0.15, 0.2) is 0 Å². The molecule has 0 bridgehead atoms. The van der Waals surface area contributed by atoms with E-state index in [1.165, 1.54) is 0 Å². The Bertz CT molecular complexity index is 942. The molecular weight excluding hydrogens is 342 g/mol. The fraction of sp³-hybridized carbons (Fsp3) is 0.200. The summed E-state index contributed by atoms with van der Waals surface area (Å²) in [6.45, 7) is 0.877. The van der Waals surface area contributed by atoms with Crippen molar-refractivity contribution in [1.82, 2.24) is 4.98 Å². The number of aromatic nitrogens is 1. The molecule has 27 heavy (non-hydrogen) atoms. The molecule has 3 N–H and O–H groups in total. The molecule has 0 spiro atoms. The van der Waals surface area contributed by atoms with Gasteiger partial charge in [-0.1, -0.05) is 35.6 Å². The number of amidine groups is 1. The van der Waals surface area contributed by atoms with Crippen LogP contribution in [0.25, 0.3) is 10.8 Å². The van der Waals surface area contributed by atoms with Gasteiger partial charge < -0.3 is 15.2 Å². The molecule has 0 fully saturated rings. The van der Waals surface area contributed by atoms with E-state index in [0.717, 1.165) is 28.0 Å². The van der Waals surface area contributed by atoms with Gasteiger partial charge in [-0.15, -0.1) is 5.10 Å². The van der Waals surface area contributed by atoms with Crippen LogP contribution in [0, 0.1) is 5.53 Å². The molecule has 7 heteroatoms. The lowest BCUT2D eigenvalue weighted by Gasteiger charge is -2.10. The zero-order valence-electron chi connectivity index (χ0n) is 14.8. The molecule has 0 aliphatic rings. The number of hydrogen-bond acceptors (Lipinski definition) is 5. The quantitative estimate of drug-likeness (QED) is 0.195. The number of rotatable bonds is 9. The summed E-state index contributed by atoms with van der Waals surface area (Å²) in [5.74, 6) is 1.77. The first kappa shape index (κ1) is 18.3. The highest BCUT2D eigenvalue weighted by Gasteiger charge is 2.02. The van der Waals surface area contributed by atoms with E-state index >= 15 is 0 Å². The number of pyridine rings is 1. The van der Waals surface area contributed by atoms with Gasteiger partial charge in [-0.05, 0) is 30.0 Å². The first-order chi connectivity index (χ1) is 13.2. The Kier molecular flexibility index (Phi) is 6.30. The van der Waals surface area contributed by atoms with E-state index in [1.807, 2.05) is 54.7 Å². The molecule has 0 amide bonds. The summed E-state index contributed by atoms with van der Waals surface area (Å²) in [6, 6.07) is 17.6. The number of benzene rings is 2. The smallest absolute Gasteiger partial charge is 0.130 e. The highest BCUT2D eigenvalue weighted by Crippen LogP contribution is 2.21. The molecule has 3 aromatic rings. The minimum absolute atomic E-state index is 0.327. The topological polar surface area (TPSA) is 106 Å². The van der Waals surface area contributed by atoms with Crippen LogP contribution in [0.4, 0.5) is 0 Å². The van der Waals surface area contributed by atoms with Crippen LogP contribution in [-0.2, 0) is 6.61 Å². The molecule has 0 saturated carbocycles. The zero-order chi connectivity index (χ0) is 18.9. The molecule has 0 unspecified atom stereocenters. The van der Waals surface area contributed by atoms with Crippen LogP contribution < -0.4 is 15.2 Å². The van der Waals surface area contributed by atoms with E-state index in [0.29, 0.717) is 31.9 Å². The Hall–Kier alpha value is -3.48. The minimum atomic E-state index is 0.327. The summed E-state index contributed by atoms with van der Waals surface area (Å²) in [7, 11) is 0. The summed E-state index contributed by atoms with van der Waals surface area (Å²) in [4.78, 5) is 4.44. The first-order valence-electron chi connectivity index (χ1n) is 8.63. The monoisotopic (exact) mass is 363 g/mol. The normalized spacial score (nSPS) is 11.3. The first-order valence-corrected chi connectivity index (χ1v) is 8.63. The van der Waals surface area contributed by atoms with E-state index in [-0.39, 0.29) is 0 Å².